The van der Waals surface area contributed by atoms with E-state index in [2.05, 4.69) is 10.6 Å². The van der Waals surface area contributed by atoms with Crippen molar-refractivity contribution < 1.29 is 18.7 Å². The highest BCUT2D eigenvalue weighted by Gasteiger charge is 2.16. The Labute approximate surface area is 162 Å². The predicted octanol–water partition coefficient (Wildman–Crippen LogP) is 4.01. The summed E-state index contributed by atoms with van der Waals surface area (Å²) in [6.07, 6.45) is 2.99. The van der Waals surface area contributed by atoms with Crippen molar-refractivity contribution >= 4 is 23.6 Å². The van der Waals surface area contributed by atoms with E-state index in [0.29, 0.717) is 11.4 Å². The molecule has 0 atom stereocenters. The molecule has 2 amide bonds. The van der Waals surface area contributed by atoms with Crippen molar-refractivity contribution in [3.63, 3.8) is 0 Å². The summed E-state index contributed by atoms with van der Waals surface area (Å²) in [5.41, 5.74) is 2.47. The van der Waals surface area contributed by atoms with E-state index in [1.807, 2.05) is 25.1 Å². The van der Waals surface area contributed by atoms with Crippen LogP contribution in [0.15, 0.2) is 77.0 Å². The smallest absolute Gasteiger partial charge is 0.291 e. The van der Waals surface area contributed by atoms with Crippen molar-refractivity contribution in [2.45, 2.75) is 6.92 Å². The lowest BCUT2D eigenvalue weighted by Gasteiger charge is -2.11. The lowest BCUT2D eigenvalue weighted by Crippen LogP contribution is -2.30. The highest BCUT2D eigenvalue weighted by Crippen LogP contribution is 2.16. The van der Waals surface area contributed by atoms with Crippen molar-refractivity contribution in [2.24, 2.45) is 0 Å². The monoisotopic (exact) mass is 376 g/mol. The van der Waals surface area contributed by atoms with Gasteiger partial charge in [0.25, 0.3) is 11.8 Å². The molecule has 2 N–H and O–H groups in total. The van der Waals surface area contributed by atoms with E-state index in [0.717, 1.165) is 11.1 Å². The number of aryl methyl sites for hydroxylation is 1. The third kappa shape index (κ3) is 4.88. The predicted molar refractivity (Wildman–Crippen MR) is 107 cm³/mol. The summed E-state index contributed by atoms with van der Waals surface area (Å²) in [6, 6.07) is 17.7. The number of carbonyl (C=O) groups is 2. The molecule has 0 saturated heterocycles. The number of ether oxygens (including phenoxy) is 1. The zero-order chi connectivity index (χ0) is 19.9. The van der Waals surface area contributed by atoms with E-state index in [1.54, 1.807) is 49.6 Å². The number of furan rings is 1. The third-order valence-electron chi connectivity index (χ3n) is 3.94. The molecule has 0 spiro atoms. The van der Waals surface area contributed by atoms with E-state index in [9.17, 15) is 9.59 Å². The minimum atomic E-state index is -0.510. The first-order valence-electron chi connectivity index (χ1n) is 8.64. The number of nitrogens with one attached hydrogen (secondary N) is 2. The number of hydrogen-bond acceptors (Lipinski definition) is 4. The van der Waals surface area contributed by atoms with Crippen molar-refractivity contribution in [1.82, 2.24) is 5.32 Å². The summed E-state index contributed by atoms with van der Waals surface area (Å²) >= 11 is 0. The van der Waals surface area contributed by atoms with Gasteiger partial charge in [-0.1, -0.05) is 24.3 Å². The van der Waals surface area contributed by atoms with Crippen LogP contribution in [0.2, 0.25) is 0 Å². The lowest BCUT2D eigenvalue weighted by molar-refractivity contribution is -0.113. The maximum atomic E-state index is 12.8. The molecule has 1 aromatic heterocycles. The standard InChI is InChI=1S/C22H20N2O4/c1-15-5-3-6-17(13-15)23-21(25)19(24-22(26)20-7-4-12-28-20)14-16-8-10-18(27-2)11-9-16/h3-14H,1-2H3,(H,23,25)(H,24,26)/b19-14+. The number of rotatable bonds is 6. The van der Waals surface area contributed by atoms with Crippen molar-refractivity contribution in [3.8, 4) is 5.75 Å². The van der Waals surface area contributed by atoms with Gasteiger partial charge in [0.15, 0.2) is 5.76 Å². The van der Waals surface area contributed by atoms with Gasteiger partial charge in [0.05, 0.1) is 13.4 Å². The number of methoxy groups -OCH3 is 1. The molecule has 3 aromatic rings. The summed E-state index contributed by atoms with van der Waals surface area (Å²) in [7, 11) is 1.58. The molecule has 0 unspecified atom stereocenters. The molecule has 28 heavy (non-hydrogen) atoms. The van der Waals surface area contributed by atoms with Crippen LogP contribution >= 0.6 is 0 Å². The first-order valence-corrected chi connectivity index (χ1v) is 8.64. The second kappa shape index (κ2) is 8.73. The van der Waals surface area contributed by atoms with Gasteiger partial charge in [-0.2, -0.15) is 0 Å². The van der Waals surface area contributed by atoms with Crippen LogP contribution in [-0.2, 0) is 4.79 Å². The molecule has 3 rings (SSSR count). The van der Waals surface area contributed by atoms with Gasteiger partial charge in [-0.3, -0.25) is 9.59 Å². The van der Waals surface area contributed by atoms with Gasteiger partial charge in [0, 0.05) is 5.69 Å². The quantitative estimate of drug-likeness (QED) is 0.637. The van der Waals surface area contributed by atoms with Crippen LogP contribution < -0.4 is 15.4 Å². The van der Waals surface area contributed by atoms with Gasteiger partial charge in [-0.15, -0.1) is 0 Å². The normalized spacial score (nSPS) is 11.0. The van der Waals surface area contributed by atoms with Crippen LogP contribution in [0.1, 0.15) is 21.7 Å². The molecule has 0 fully saturated rings. The van der Waals surface area contributed by atoms with E-state index in [1.165, 1.54) is 12.3 Å². The van der Waals surface area contributed by atoms with Gasteiger partial charge in [0.2, 0.25) is 0 Å². The molecule has 0 aliphatic rings. The molecule has 6 nitrogen and oxygen atoms in total. The molecule has 142 valence electrons. The first kappa shape index (κ1) is 19.0. The summed E-state index contributed by atoms with van der Waals surface area (Å²) in [5, 5.41) is 5.42. The lowest BCUT2D eigenvalue weighted by atomic mass is 10.1. The van der Waals surface area contributed by atoms with E-state index < -0.39 is 11.8 Å². The number of amides is 2. The summed E-state index contributed by atoms with van der Waals surface area (Å²) < 4.78 is 10.2. The molecule has 0 aliphatic heterocycles. The molecule has 0 radical (unpaired) electrons. The highest BCUT2D eigenvalue weighted by molar-refractivity contribution is 6.10. The first-order chi connectivity index (χ1) is 13.5. The Morgan fingerprint density at radius 1 is 1.04 bits per heavy atom. The molecule has 0 saturated carbocycles. The number of benzene rings is 2. The van der Waals surface area contributed by atoms with Crippen LogP contribution in [-0.4, -0.2) is 18.9 Å². The van der Waals surface area contributed by atoms with Crippen molar-refractivity contribution in [1.29, 1.82) is 0 Å². The fourth-order valence-electron chi connectivity index (χ4n) is 2.54. The van der Waals surface area contributed by atoms with Gasteiger partial charge in [-0.25, -0.2) is 0 Å². The zero-order valence-electron chi connectivity index (χ0n) is 15.6. The molecular formula is C22H20N2O4. The summed E-state index contributed by atoms with van der Waals surface area (Å²) in [5.74, 6) is -0.142. The van der Waals surface area contributed by atoms with Gasteiger partial charge in [-0.05, 0) is 60.5 Å². The second-order valence-electron chi connectivity index (χ2n) is 6.09. The zero-order valence-corrected chi connectivity index (χ0v) is 15.6. The SMILES string of the molecule is COc1ccc(/C=C(/NC(=O)c2ccco2)C(=O)Nc2cccc(C)c2)cc1. The Morgan fingerprint density at radius 2 is 1.82 bits per heavy atom. The van der Waals surface area contributed by atoms with Crippen LogP contribution in [0, 0.1) is 6.92 Å². The molecular weight excluding hydrogens is 356 g/mol. The second-order valence-corrected chi connectivity index (χ2v) is 6.09. The Morgan fingerprint density at radius 3 is 2.46 bits per heavy atom. The van der Waals surface area contributed by atoms with Crippen LogP contribution in [0.25, 0.3) is 6.08 Å². The molecule has 0 aliphatic carbocycles. The van der Waals surface area contributed by atoms with Gasteiger partial charge < -0.3 is 19.8 Å². The molecule has 0 bridgehead atoms. The number of carbonyl (C=O) groups excluding carboxylic acids is 2. The van der Waals surface area contributed by atoms with E-state index in [-0.39, 0.29) is 11.5 Å². The topological polar surface area (TPSA) is 80.6 Å². The third-order valence-corrected chi connectivity index (χ3v) is 3.94. The van der Waals surface area contributed by atoms with Gasteiger partial charge in [0.1, 0.15) is 11.4 Å². The van der Waals surface area contributed by atoms with Crippen LogP contribution in [0.5, 0.6) is 5.75 Å². The average molecular weight is 376 g/mol. The minimum absolute atomic E-state index is 0.0908. The average Bonchev–Trinajstić information content (AvgIpc) is 3.23. The Hall–Kier alpha value is -3.80. The van der Waals surface area contributed by atoms with Gasteiger partial charge >= 0.3 is 0 Å². The fourth-order valence-corrected chi connectivity index (χ4v) is 2.54. The molecule has 6 heteroatoms. The molecule has 2 aromatic carbocycles. The van der Waals surface area contributed by atoms with E-state index >= 15 is 0 Å². The molecule has 1 heterocycles. The fraction of sp³-hybridized carbons (Fsp3) is 0.0909. The maximum Gasteiger partial charge on any atom is 0.291 e. The number of anilines is 1. The van der Waals surface area contributed by atoms with Crippen LogP contribution in [0.4, 0.5) is 5.69 Å². The Balaban J connectivity index is 1.87. The maximum absolute atomic E-state index is 12.8. The minimum Gasteiger partial charge on any atom is -0.497 e. The van der Waals surface area contributed by atoms with Crippen molar-refractivity contribution in [2.75, 3.05) is 12.4 Å². The van der Waals surface area contributed by atoms with Crippen molar-refractivity contribution in [3.05, 3.63) is 89.5 Å². The highest BCUT2D eigenvalue weighted by atomic mass is 16.5. The Kier molecular flexibility index (Phi) is 5.91. The summed E-state index contributed by atoms with van der Waals surface area (Å²) in [4.78, 5) is 25.2. The van der Waals surface area contributed by atoms with Crippen LogP contribution in [0.3, 0.4) is 0 Å². The Bertz CT molecular complexity index is 990. The summed E-state index contributed by atoms with van der Waals surface area (Å²) in [6.45, 7) is 1.93. The largest absolute Gasteiger partial charge is 0.497 e. The van der Waals surface area contributed by atoms with E-state index in [4.69, 9.17) is 9.15 Å². The number of hydrogen-bond donors (Lipinski definition) is 2.